The molecule has 1 heterocycles. The van der Waals surface area contributed by atoms with Crippen LogP contribution in [0.4, 0.5) is 0 Å². The predicted molar refractivity (Wildman–Crippen MR) is 65.0 cm³/mol. The summed E-state index contributed by atoms with van der Waals surface area (Å²) >= 11 is 0. The topological polar surface area (TPSA) is 66.2 Å². The molecule has 0 radical (unpaired) electrons. The van der Waals surface area contributed by atoms with Crippen LogP contribution in [0.5, 0.6) is 11.8 Å². The van der Waals surface area contributed by atoms with Crippen molar-refractivity contribution in [1.82, 2.24) is 9.97 Å². The number of hydrogen-bond acceptors (Lipinski definition) is 4. The van der Waals surface area contributed by atoms with Gasteiger partial charge in [-0.15, -0.1) is 0 Å². The summed E-state index contributed by atoms with van der Waals surface area (Å²) in [6.45, 7) is 4.19. The molecule has 2 N–H and O–H groups in total. The smallest absolute Gasteiger partial charge is 0.217 e. The Bertz CT molecular complexity index is 378. The highest BCUT2D eigenvalue weighted by atomic mass is 16.3. The summed E-state index contributed by atoms with van der Waals surface area (Å²) in [7, 11) is 0. The minimum Gasteiger partial charge on any atom is -0.493 e. The second-order valence-corrected chi connectivity index (χ2v) is 5.46. The first-order chi connectivity index (χ1) is 8.00. The zero-order valence-electron chi connectivity index (χ0n) is 10.5. The van der Waals surface area contributed by atoms with Gasteiger partial charge in [-0.2, -0.15) is 9.97 Å². The van der Waals surface area contributed by atoms with Gasteiger partial charge in [-0.1, -0.05) is 33.1 Å². The number of rotatable bonds is 2. The molecule has 0 unspecified atom stereocenters. The maximum Gasteiger partial charge on any atom is 0.217 e. The van der Waals surface area contributed by atoms with E-state index in [4.69, 9.17) is 0 Å². The lowest BCUT2D eigenvalue weighted by atomic mass is 9.70. The largest absolute Gasteiger partial charge is 0.493 e. The zero-order chi connectivity index (χ0) is 12.5. The molecule has 0 atom stereocenters. The van der Waals surface area contributed by atoms with E-state index in [1.165, 1.54) is 38.2 Å². The molecule has 0 aromatic carbocycles. The number of aromatic nitrogens is 2. The van der Waals surface area contributed by atoms with Crippen LogP contribution in [0.15, 0.2) is 6.07 Å². The van der Waals surface area contributed by atoms with Crippen molar-refractivity contribution >= 4 is 0 Å². The van der Waals surface area contributed by atoms with E-state index in [0.29, 0.717) is 11.7 Å². The Morgan fingerprint density at radius 2 is 1.59 bits per heavy atom. The molecular weight excluding hydrogens is 216 g/mol. The molecular formula is C13H20N2O2. The quantitative estimate of drug-likeness (QED) is 0.828. The Balaban J connectivity index is 2.29. The van der Waals surface area contributed by atoms with E-state index in [0.717, 1.165) is 0 Å². The van der Waals surface area contributed by atoms with Gasteiger partial charge < -0.3 is 10.2 Å². The van der Waals surface area contributed by atoms with Crippen LogP contribution in [-0.2, 0) is 5.41 Å². The summed E-state index contributed by atoms with van der Waals surface area (Å²) in [6, 6.07) is 1.17. The molecule has 1 aromatic rings. The standard InChI is InChI=1S/C13H20N2O2/c1-13(2,9-6-4-3-5-7-9)12-14-10(16)8-11(17)15-12/h8-9H,3-7H2,1-2H3,(H2,14,15,16,17). The van der Waals surface area contributed by atoms with Crippen molar-refractivity contribution in [2.75, 3.05) is 0 Å². The van der Waals surface area contributed by atoms with Crippen molar-refractivity contribution in [3.05, 3.63) is 11.9 Å². The fraction of sp³-hybridized carbons (Fsp3) is 0.692. The van der Waals surface area contributed by atoms with Crippen LogP contribution in [-0.4, -0.2) is 20.2 Å². The minimum atomic E-state index is -0.198. The molecule has 0 amide bonds. The van der Waals surface area contributed by atoms with Gasteiger partial charge in [0.2, 0.25) is 11.8 Å². The predicted octanol–water partition coefficient (Wildman–Crippen LogP) is 2.75. The van der Waals surface area contributed by atoms with E-state index in [2.05, 4.69) is 23.8 Å². The summed E-state index contributed by atoms with van der Waals surface area (Å²) in [6.07, 6.45) is 6.15. The van der Waals surface area contributed by atoms with E-state index < -0.39 is 0 Å². The fourth-order valence-electron chi connectivity index (χ4n) is 2.72. The molecule has 17 heavy (non-hydrogen) atoms. The highest BCUT2D eigenvalue weighted by molar-refractivity contribution is 5.22. The van der Waals surface area contributed by atoms with Crippen molar-refractivity contribution in [1.29, 1.82) is 0 Å². The lowest BCUT2D eigenvalue weighted by Crippen LogP contribution is -2.32. The molecule has 1 aromatic heterocycles. The third-order valence-corrected chi connectivity index (χ3v) is 3.90. The molecule has 0 saturated heterocycles. The van der Waals surface area contributed by atoms with E-state index in [1.807, 2.05) is 0 Å². The van der Waals surface area contributed by atoms with E-state index in [1.54, 1.807) is 0 Å². The van der Waals surface area contributed by atoms with Crippen molar-refractivity contribution in [3.8, 4) is 11.8 Å². The van der Waals surface area contributed by atoms with E-state index >= 15 is 0 Å². The minimum absolute atomic E-state index is 0.156. The molecule has 94 valence electrons. The molecule has 0 aliphatic heterocycles. The zero-order valence-corrected chi connectivity index (χ0v) is 10.5. The second-order valence-electron chi connectivity index (χ2n) is 5.46. The van der Waals surface area contributed by atoms with Gasteiger partial charge in [-0.25, -0.2) is 0 Å². The van der Waals surface area contributed by atoms with Crippen LogP contribution in [0, 0.1) is 5.92 Å². The molecule has 4 heteroatoms. The van der Waals surface area contributed by atoms with Crippen LogP contribution in [0.3, 0.4) is 0 Å². The molecule has 0 bridgehead atoms. The van der Waals surface area contributed by atoms with E-state index in [9.17, 15) is 10.2 Å². The van der Waals surface area contributed by atoms with Crippen LogP contribution in [0.2, 0.25) is 0 Å². The summed E-state index contributed by atoms with van der Waals surface area (Å²) < 4.78 is 0. The van der Waals surface area contributed by atoms with Gasteiger partial charge in [-0.3, -0.25) is 0 Å². The Labute approximate surface area is 102 Å². The third kappa shape index (κ3) is 2.51. The van der Waals surface area contributed by atoms with Crippen molar-refractivity contribution in [2.45, 2.75) is 51.4 Å². The first kappa shape index (κ1) is 12.1. The molecule has 0 spiro atoms. The number of aromatic hydroxyl groups is 2. The van der Waals surface area contributed by atoms with Gasteiger partial charge >= 0.3 is 0 Å². The Morgan fingerprint density at radius 1 is 1.06 bits per heavy atom. The van der Waals surface area contributed by atoms with Gasteiger partial charge in [0, 0.05) is 5.41 Å². The molecule has 1 aliphatic carbocycles. The lowest BCUT2D eigenvalue weighted by molar-refractivity contribution is 0.223. The van der Waals surface area contributed by atoms with Crippen LogP contribution < -0.4 is 0 Å². The second kappa shape index (κ2) is 4.51. The Kier molecular flexibility index (Phi) is 3.22. The summed E-state index contributed by atoms with van der Waals surface area (Å²) in [5.41, 5.74) is -0.198. The van der Waals surface area contributed by atoms with Gasteiger partial charge in [-0.05, 0) is 18.8 Å². The maximum atomic E-state index is 9.44. The van der Waals surface area contributed by atoms with Crippen LogP contribution in [0.1, 0.15) is 51.8 Å². The molecule has 2 rings (SSSR count). The van der Waals surface area contributed by atoms with E-state index in [-0.39, 0.29) is 17.2 Å². The number of hydrogen-bond donors (Lipinski definition) is 2. The summed E-state index contributed by atoms with van der Waals surface area (Å²) in [4.78, 5) is 8.13. The SMILES string of the molecule is CC(C)(c1nc(O)cc(O)n1)C1CCCCC1. The lowest BCUT2D eigenvalue weighted by Gasteiger charge is -2.35. The number of nitrogens with zero attached hydrogens (tertiary/aromatic N) is 2. The van der Waals surface area contributed by atoms with Gasteiger partial charge in [0.05, 0.1) is 6.07 Å². The molecule has 4 nitrogen and oxygen atoms in total. The third-order valence-electron chi connectivity index (χ3n) is 3.90. The monoisotopic (exact) mass is 236 g/mol. The first-order valence-electron chi connectivity index (χ1n) is 6.27. The molecule has 1 fully saturated rings. The summed E-state index contributed by atoms with van der Waals surface area (Å²) in [5, 5.41) is 18.9. The van der Waals surface area contributed by atoms with Crippen molar-refractivity contribution in [2.24, 2.45) is 5.92 Å². The van der Waals surface area contributed by atoms with Crippen molar-refractivity contribution < 1.29 is 10.2 Å². The van der Waals surface area contributed by atoms with Gasteiger partial charge in [0.1, 0.15) is 5.82 Å². The fourth-order valence-corrected chi connectivity index (χ4v) is 2.72. The average Bonchev–Trinajstić information content (AvgIpc) is 2.29. The Morgan fingerprint density at radius 3 is 2.12 bits per heavy atom. The maximum absolute atomic E-state index is 9.44. The van der Waals surface area contributed by atoms with Crippen LogP contribution >= 0.6 is 0 Å². The summed E-state index contributed by atoms with van der Waals surface area (Å²) in [5.74, 6) is 0.757. The normalized spacial score (nSPS) is 18.2. The highest BCUT2D eigenvalue weighted by Gasteiger charge is 2.35. The molecule has 1 aliphatic rings. The van der Waals surface area contributed by atoms with Crippen LogP contribution in [0.25, 0.3) is 0 Å². The average molecular weight is 236 g/mol. The molecule has 1 saturated carbocycles. The highest BCUT2D eigenvalue weighted by Crippen LogP contribution is 2.39. The van der Waals surface area contributed by atoms with Crippen molar-refractivity contribution in [3.63, 3.8) is 0 Å². The van der Waals surface area contributed by atoms with Gasteiger partial charge in [0.15, 0.2) is 0 Å². The van der Waals surface area contributed by atoms with Gasteiger partial charge in [0.25, 0.3) is 0 Å². The Hall–Kier alpha value is -1.32. The first-order valence-corrected chi connectivity index (χ1v) is 6.27.